The molecular weight excluding hydrogens is 474 g/mol. The molecule has 1 fully saturated rings. The highest BCUT2D eigenvalue weighted by molar-refractivity contribution is 7.92. The van der Waals surface area contributed by atoms with Crippen LogP contribution < -0.4 is 19.7 Å². The summed E-state index contributed by atoms with van der Waals surface area (Å²) in [5.74, 6) is 3.57. The minimum atomic E-state index is -3.75. The molecule has 3 aromatic carbocycles. The summed E-state index contributed by atoms with van der Waals surface area (Å²) >= 11 is 0. The van der Waals surface area contributed by atoms with Crippen LogP contribution in [0.5, 0.6) is 11.5 Å². The monoisotopic (exact) mass is 501 g/mol. The highest BCUT2D eigenvalue weighted by atomic mass is 32.2. The van der Waals surface area contributed by atoms with E-state index in [1.54, 1.807) is 24.3 Å². The summed E-state index contributed by atoms with van der Waals surface area (Å²) in [7, 11) is -3.75. The van der Waals surface area contributed by atoms with Gasteiger partial charge in [-0.05, 0) is 80.4 Å². The fourth-order valence-corrected chi connectivity index (χ4v) is 5.08. The predicted octanol–water partition coefficient (Wildman–Crippen LogP) is 5.72. The van der Waals surface area contributed by atoms with E-state index < -0.39 is 10.0 Å². The molecule has 1 aliphatic rings. The van der Waals surface area contributed by atoms with Gasteiger partial charge < -0.3 is 15.0 Å². The molecule has 1 saturated heterocycles. The van der Waals surface area contributed by atoms with Crippen molar-refractivity contribution in [3.8, 4) is 11.5 Å². The largest absolute Gasteiger partial charge is 0.457 e. The smallest absolute Gasteiger partial charge is 0.261 e. The Morgan fingerprint density at radius 2 is 1.44 bits per heavy atom. The Morgan fingerprint density at radius 3 is 2.14 bits per heavy atom. The number of nitrogens with zero attached hydrogens (tertiary/aromatic N) is 3. The second-order valence-electron chi connectivity index (χ2n) is 8.55. The minimum Gasteiger partial charge on any atom is -0.457 e. The van der Waals surface area contributed by atoms with Crippen LogP contribution in [0, 0.1) is 6.92 Å². The Balaban J connectivity index is 1.24. The molecule has 184 valence electrons. The number of hydrogen-bond donors (Lipinski definition) is 2. The van der Waals surface area contributed by atoms with E-state index >= 15 is 0 Å². The molecule has 36 heavy (non-hydrogen) atoms. The molecule has 1 aliphatic heterocycles. The number of aryl methyl sites for hydroxylation is 1. The molecule has 5 rings (SSSR count). The SMILES string of the molecule is Cc1nc(Nc2ccc(NS(=O)(=O)c3ccc(Oc4ccccc4)cc3)cc2)cc(N2CCCC2)n1. The van der Waals surface area contributed by atoms with Gasteiger partial charge in [0.1, 0.15) is 29.0 Å². The van der Waals surface area contributed by atoms with E-state index in [1.807, 2.05) is 55.5 Å². The molecule has 0 spiro atoms. The number of sulfonamides is 1. The van der Waals surface area contributed by atoms with E-state index in [4.69, 9.17) is 4.74 Å². The van der Waals surface area contributed by atoms with E-state index in [-0.39, 0.29) is 4.90 Å². The summed E-state index contributed by atoms with van der Waals surface area (Å²) in [6, 6.07) is 24.6. The fraction of sp³-hybridized carbons (Fsp3) is 0.185. The second kappa shape index (κ2) is 10.2. The Morgan fingerprint density at radius 1 is 0.806 bits per heavy atom. The number of para-hydroxylation sites is 1. The molecule has 0 amide bonds. The zero-order chi connectivity index (χ0) is 25.0. The first-order chi connectivity index (χ1) is 17.4. The lowest BCUT2D eigenvalue weighted by Gasteiger charge is -2.18. The number of ether oxygens (including phenoxy) is 1. The van der Waals surface area contributed by atoms with Crippen LogP contribution in [0.25, 0.3) is 0 Å². The fourth-order valence-electron chi connectivity index (χ4n) is 4.02. The van der Waals surface area contributed by atoms with Crippen molar-refractivity contribution in [2.45, 2.75) is 24.7 Å². The zero-order valence-electron chi connectivity index (χ0n) is 19.9. The second-order valence-corrected chi connectivity index (χ2v) is 10.2. The standard InChI is InChI=1S/C27H27N5O3S/c1-20-28-26(19-27(29-20)32-17-5-6-18-32)30-21-9-11-22(12-10-21)31-36(33,34)25-15-13-24(14-16-25)35-23-7-3-2-4-8-23/h2-4,7-16,19,31H,5-6,17-18H2,1H3,(H,28,29,30). The van der Waals surface area contributed by atoms with Crippen molar-refractivity contribution in [2.24, 2.45) is 0 Å². The van der Waals surface area contributed by atoms with Gasteiger partial charge in [-0.1, -0.05) is 18.2 Å². The van der Waals surface area contributed by atoms with Gasteiger partial charge >= 0.3 is 0 Å². The van der Waals surface area contributed by atoms with Crippen LogP contribution in [-0.2, 0) is 10.0 Å². The lowest BCUT2D eigenvalue weighted by molar-refractivity contribution is 0.482. The van der Waals surface area contributed by atoms with Gasteiger partial charge in [-0.15, -0.1) is 0 Å². The number of hydrogen-bond acceptors (Lipinski definition) is 7. The van der Waals surface area contributed by atoms with Gasteiger partial charge in [0.15, 0.2) is 0 Å². The molecule has 2 heterocycles. The number of aromatic nitrogens is 2. The van der Waals surface area contributed by atoms with Crippen molar-refractivity contribution in [3.05, 3.63) is 90.8 Å². The molecule has 0 saturated carbocycles. The molecule has 0 unspecified atom stereocenters. The van der Waals surface area contributed by atoms with Crippen LogP contribution in [0.15, 0.2) is 89.8 Å². The van der Waals surface area contributed by atoms with Crippen molar-refractivity contribution < 1.29 is 13.2 Å². The van der Waals surface area contributed by atoms with Crippen LogP contribution in [0.4, 0.5) is 23.0 Å². The van der Waals surface area contributed by atoms with Crippen LogP contribution >= 0.6 is 0 Å². The van der Waals surface area contributed by atoms with Crippen molar-refractivity contribution in [1.29, 1.82) is 0 Å². The van der Waals surface area contributed by atoms with Crippen molar-refractivity contribution in [2.75, 3.05) is 28.0 Å². The molecular formula is C27H27N5O3S. The molecule has 0 bridgehead atoms. The van der Waals surface area contributed by atoms with Crippen LogP contribution in [-0.4, -0.2) is 31.5 Å². The third-order valence-corrected chi connectivity index (χ3v) is 7.17. The molecule has 0 atom stereocenters. The Hall–Kier alpha value is -4.11. The normalized spacial score (nSPS) is 13.4. The highest BCUT2D eigenvalue weighted by Crippen LogP contribution is 2.26. The van der Waals surface area contributed by atoms with E-state index in [0.29, 0.717) is 28.8 Å². The maximum absolute atomic E-state index is 12.9. The topological polar surface area (TPSA) is 96.5 Å². The predicted molar refractivity (Wildman–Crippen MR) is 142 cm³/mol. The van der Waals surface area contributed by atoms with Gasteiger partial charge in [0.2, 0.25) is 0 Å². The summed E-state index contributed by atoms with van der Waals surface area (Å²) < 4.78 is 34.1. The molecule has 4 aromatic rings. The molecule has 0 aliphatic carbocycles. The average molecular weight is 502 g/mol. The number of rotatable bonds is 8. The van der Waals surface area contributed by atoms with Gasteiger partial charge in [-0.25, -0.2) is 18.4 Å². The maximum atomic E-state index is 12.9. The van der Waals surface area contributed by atoms with Gasteiger partial charge in [-0.3, -0.25) is 4.72 Å². The van der Waals surface area contributed by atoms with Crippen LogP contribution in [0.2, 0.25) is 0 Å². The van der Waals surface area contributed by atoms with Gasteiger partial charge in [0.25, 0.3) is 10.0 Å². The van der Waals surface area contributed by atoms with Gasteiger partial charge in [0.05, 0.1) is 4.90 Å². The number of benzene rings is 3. The molecule has 8 nitrogen and oxygen atoms in total. The summed E-state index contributed by atoms with van der Waals surface area (Å²) in [5.41, 5.74) is 1.26. The molecule has 0 radical (unpaired) electrons. The zero-order valence-corrected chi connectivity index (χ0v) is 20.7. The first-order valence-corrected chi connectivity index (χ1v) is 13.3. The van der Waals surface area contributed by atoms with Gasteiger partial charge in [-0.2, -0.15) is 0 Å². The lowest BCUT2D eigenvalue weighted by Crippen LogP contribution is -2.19. The van der Waals surface area contributed by atoms with E-state index in [9.17, 15) is 8.42 Å². The third-order valence-electron chi connectivity index (χ3n) is 5.78. The lowest BCUT2D eigenvalue weighted by atomic mass is 10.3. The number of anilines is 4. The van der Waals surface area contributed by atoms with Gasteiger partial charge in [0, 0.05) is 30.5 Å². The summed E-state index contributed by atoms with van der Waals surface area (Å²) in [6.45, 7) is 3.89. The van der Waals surface area contributed by atoms with E-state index in [0.717, 1.165) is 24.6 Å². The first-order valence-electron chi connectivity index (χ1n) is 11.8. The quantitative estimate of drug-likeness (QED) is 0.319. The summed E-state index contributed by atoms with van der Waals surface area (Å²) in [6.07, 6.45) is 2.35. The minimum absolute atomic E-state index is 0.149. The van der Waals surface area contributed by atoms with Crippen molar-refractivity contribution in [1.82, 2.24) is 9.97 Å². The number of nitrogens with one attached hydrogen (secondary N) is 2. The Kier molecular flexibility index (Phi) is 6.73. The molecule has 9 heteroatoms. The Bertz CT molecular complexity index is 1420. The maximum Gasteiger partial charge on any atom is 0.261 e. The van der Waals surface area contributed by atoms with E-state index in [2.05, 4.69) is 24.9 Å². The highest BCUT2D eigenvalue weighted by Gasteiger charge is 2.16. The Labute approximate surface area is 211 Å². The molecule has 1 aromatic heterocycles. The molecule has 2 N–H and O–H groups in total. The van der Waals surface area contributed by atoms with Crippen molar-refractivity contribution >= 4 is 33.0 Å². The summed E-state index contributed by atoms with van der Waals surface area (Å²) in [4.78, 5) is 11.5. The van der Waals surface area contributed by atoms with E-state index in [1.165, 1.54) is 25.0 Å². The average Bonchev–Trinajstić information content (AvgIpc) is 3.41. The third kappa shape index (κ3) is 5.75. The van der Waals surface area contributed by atoms with Crippen molar-refractivity contribution in [3.63, 3.8) is 0 Å². The van der Waals surface area contributed by atoms with Crippen LogP contribution in [0.3, 0.4) is 0 Å². The summed E-state index contributed by atoms with van der Waals surface area (Å²) in [5, 5.41) is 3.29. The first kappa shape index (κ1) is 23.6. The van der Waals surface area contributed by atoms with Crippen LogP contribution in [0.1, 0.15) is 18.7 Å².